The number of anilines is 1. The van der Waals surface area contributed by atoms with Crippen molar-refractivity contribution in [2.45, 2.75) is 6.42 Å². The second kappa shape index (κ2) is 4.89. The van der Waals surface area contributed by atoms with Crippen LogP contribution in [0.1, 0.15) is 16.9 Å². The molecule has 16 heavy (non-hydrogen) atoms. The van der Waals surface area contributed by atoms with Crippen molar-refractivity contribution in [3.8, 4) is 0 Å². The lowest BCUT2D eigenvalue weighted by Gasteiger charge is -2.18. The largest absolute Gasteiger partial charge is 0.382 e. The van der Waals surface area contributed by atoms with Crippen LogP contribution in [0.15, 0.2) is 12.4 Å². The van der Waals surface area contributed by atoms with Crippen LogP contribution in [0.2, 0.25) is 0 Å². The fourth-order valence-corrected chi connectivity index (χ4v) is 1.56. The maximum Gasteiger partial charge on any atom is 0.274 e. The van der Waals surface area contributed by atoms with Crippen LogP contribution in [0.5, 0.6) is 0 Å². The van der Waals surface area contributed by atoms with Gasteiger partial charge in [0.05, 0.1) is 19.0 Å². The molecule has 0 atom stereocenters. The third kappa shape index (κ3) is 2.46. The highest BCUT2D eigenvalue weighted by Gasteiger charge is 2.18. The average Bonchev–Trinajstić information content (AvgIpc) is 2.57. The van der Waals surface area contributed by atoms with Gasteiger partial charge in [0.15, 0.2) is 0 Å². The van der Waals surface area contributed by atoms with Gasteiger partial charge in [-0.3, -0.25) is 4.79 Å². The normalized spacial score (nSPS) is 16.9. The Labute approximate surface area is 93.4 Å². The molecule has 1 aromatic heterocycles. The zero-order valence-corrected chi connectivity index (χ0v) is 8.93. The molecule has 1 aliphatic rings. The van der Waals surface area contributed by atoms with Crippen LogP contribution in [0.25, 0.3) is 0 Å². The lowest BCUT2D eigenvalue weighted by atomic mass is 10.3. The first-order valence-corrected chi connectivity index (χ1v) is 5.22. The van der Waals surface area contributed by atoms with Crippen molar-refractivity contribution in [1.29, 1.82) is 0 Å². The molecule has 6 nitrogen and oxygen atoms in total. The van der Waals surface area contributed by atoms with E-state index in [4.69, 9.17) is 10.5 Å². The Bertz CT molecular complexity index is 358. The van der Waals surface area contributed by atoms with Crippen LogP contribution in [-0.4, -0.2) is 47.1 Å². The maximum atomic E-state index is 12.0. The van der Waals surface area contributed by atoms with Gasteiger partial charge in [0.25, 0.3) is 5.91 Å². The van der Waals surface area contributed by atoms with E-state index in [1.54, 1.807) is 4.90 Å². The molecule has 0 aromatic carbocycles. The molecule has 86 valence electrons. The number of ether oxygens (including phenoxy) is 1. The summed E-state index contributed by atoms with van der Waals surface area (Å²) in [4.78, 5) is 21.5. The van der Waals surface area contributed by atoms with E-state index in [0.29, 0.717) is 37.8 Å². The Morgan fingerprint density at radius 2 is 2.19 bits per heavy atom. The number of nitrogens with two attached hydrogens (primary N) is 1. The molecule has 1 saturated heterocycles. The molecular formula is C10H14N4O2. The molecule has 0 spiro atoms. The highest BCUT2D eigenvalue weighted by molar-refractivity contribution is 5.92. The van der Waals surface area contributed by atoms with E-state index in [9.17, 15) is 4.79 Å². The average molecular weight is 222 g/mol. The van der Waals surface area contributed by atoms with Gasteiger partial charge in [-0.1, -0.05) is 0 Å². The third-order valence-corrected chi connectivity index (χ3v) is 2.40. The molecule has 0 radical (unpaired) electrons. The van der Waals surface area contributed by atoms with E-state index in [0.717, 1.165) is 6.42 Å². The zero-order valence-electron chi connectivity index (χ0n) is 8.93. The maximum absolute atomic E-state index is 12.0. The molecule has 6 heteroatoms. The number of carbonyl (C=O) groups excluding carboxylic acids is 1. The smallest absolute Gasteiger partial charge is 0.274 e. The van der Waals surface area contributed by atoms with Gasteiger partial charge in [0, 0.05) is 19.7 Å². The first-order valence-electron chi connectivity index (χ1n) is 5.22. The minimum atomic E-state index is -0.113. The SMILES string of the molecule is Nc1cnc(C(=O)N2CCCOCC2)cn1. The first-order chi connectivity index (χ1) is 7.77. The van der Waals surface area contributed by atoms with Gasteiger partial charge >= 0.3 is 0 Å². The van der Waals surface area contributed by atoms with Gasteiger partial charge in [-0.2, -0.15) is 0 Å². The molecule has 0 unspecified atom stereocenters. The molecule has 0 aliphatic carbocycles. The molecule has 1 aromatic rings. The van der Waals surface area contributed by atoms with Crippen LogP contribution in [0.4, 0.5) is 5.82 Å². The van der Waals surface area contributed by atoms with Gasteiger partial charge in [-0.05, 0) is 6.42 Å². The molecule has 2 heterocycles. The number of carbonyl (C=O) groups is 1. The van der Waals surface area contributed by atoms with Gasteiger partial charge in [0.1, 0.15) is 11.5 Å². The second-order valence-electron chi connectivity index (χ2n) is 3.58. The number of amides is 1. The summed E-state index contributed by atoms with van der Waals surface area (Å²) in [5.74, 6) is 0.203. The summed E-state index contributed by atoms with van der Waals surface area (Å²) in [6.07, 6.45) is 3.65. The quantitative estimate of drug-likeness (QED) is 0.718. The highest BCUT2D eigenvalue weighted by Crippen LogP contribution is 2.05. The fourth-order valence-electron chi connectivity index (χ4n) is 1.56. The summed E-state index contributed by atoms with van der Waals surface area (Å²) in [7, 11) is 0. The number of nitrogen functional groups attached to an aromatic ring is 1. The van der Waals surface area contributed by atoms with E-state index in [1.807, 2.05) is 0 Å². The lowest BCUT2D eigenvalue weighted by Crippen LogP contribution is -2.33. The Balaban J connectivity index is 2.08. The lowest BCUT2D eigenvalue weighted by molar-refractivity contribution is 0.0735. The van der Waals surface area contributed by atoms with Crippen LogP contribution >= 0.6 is 0 Å². The van der Waals surface area contributed by atoms with Crippen molar-refractivity contribution in [3.63, 3.8) is 0 Å². The number of rotatable bonds is 1. The molecule has 1 fully saturated rings. The molecule has 0 bridgehead atoms. The predicted molar refractivity (Wildman–Crippen MR) is 57.8 cm³/mol. The predicted octanol–water partition coefficient (Wildman–Crippen LogP) is -0.0787. The number of aromatic nitrogens is 2. The molecular weight excluding hydrogens is 208 g/mol. The Hall–Kier alpha value is -1.69. The zero-order chi connectivity index (χ0) is 11.4. The van der Waals surface area contributed by atoms with Crippen molar-refractivity contribution in [1.82, 2.24) is 14.9 Å². The molecule has 1 aliphatic heterocycles. The molecule has 2 rings (SSSR count). The summed E-state index contributed by atoms with van der Waals surface area (Å²) in [5, 5.41) is 0. The summed E-state index contributed by atoms with van der Waals surface area (Å²) >= 11 is 0. The van der Waals surface area contributed by atoms with Gasteiger partial charge < -0.3 is 15.4 Å². The van der Waals surface area contributed by atoms with Gasteiger partial charge in [-0.25, -0.2) is 9.97 Å². The Morgan fingerprint density at radius 3 is 2.94 bits per heavy atom. The fraction of sp³-hybridized carbons (Fsp3) is 0.500. The third-order valence-electron chi connectivity index (χ3n) is 2.40. The van der Waals surface area contributed by atoms with Crippen LogP contribution in [0, 0.1) is 0 Å². The molecule has 2 N–H and O–H groups in total. The minimum Gasteiger partial charge on any atom is -0.382 e. The monoisotopic (exact) mass is 222 g/mol. The first kappa shape index (κ1) is 10.8. The van der Waals surface area contributed by atoms with E-state index < -0.39 is 0 Å². The summed E-state index contributed by atoms with van der Waals surface area (Å²) in [6, 6.07) is 0. The van der Waals surface area contributed by atoms with Crippen molar-refractivity contribution < 1.29 is 9.53 Å². The van der Waals surface area contributed by atoms with E-state index in [2.05, 4.69) is 9.97 Å². The van der Waals surface area contributed by atoms with E-state index >= 15 is 0 Å². The summed E-state index contributed by atoms with van der Waals surface area (Å²) < 4.78 is 5.28. The molecule has 1 amide bonds. The van der Waals surface area contributed by atoms with E-state index in [-0.39, 0.29) is 5.91 Å². The Kier molecular flexibility index (Phi) is 3.31. The van der Waals surface area contributed by atoms with Crippen molar-refractivity contribution in [2.24, 2.45) is 0 Å². The minimum absolute atomic E-state index is 0.113. The van der Waals surface area contributed by atoms with Crippen LogP contribution in [-0.2, 0) is 4.74 Å². The Morgan fingerprint density at radius 1 is 1.31 bits per heavy atom. The summed E-state index contributed by atoms with van der Waals surface area (Å²) in [5.41, 5.74) is 5.74. The topological polar surface area (TPSA) is 81.3 Å². The van der Waals surface area contributed by atoms with Crippen molar-refractivity contribution in [2.75, 3.05) is 32.0 Å². The van der Waals surface area contributed by atoms with Gasteiger partial charge in [-0.15, -0.1) is 0 Å². The molecule has 0 saturated carbocycles. The number of nitrogens with zero attached hydrogens (tertiary/aromatic N) is 3. The van der Waals surface area contributed by atoms with Crippen molar-refractivity contribution >= 4 is 11.7 Å². The number of hydrogen-bond acceptors (Lipinski definition) is 5. The second-order valence-corrected chi connectivity index (χ2v) is 3.58. The van der Waals surface area contributed by atoms with Crippen LogP contribution < -0.4 is 5.73 Å². The van der Waals surface area contributed by atoms with Crippen LogP contribution in [0.3, 0.4) is 0 Å². The summed E-state index contributed by atoms with van der Waals surface area (Å²) in [6.45, 7) is 2.58. The van der Waals surface area contributed by atoms with Crippen molar-refractivity contribution in [3.05, 3.63) is 18.1 Å². The number of hydrogen-bond donors (Lipinski definition) is 1. The highest BCUT2D eigenvalue weighted by atomic mass is 16.5. The van der Waals surface area contributed by atoms with Gasteiger partial charge in [0.2, 0.25) is 0 Å². The standard InChI is InChI=1S/C10H14N4O2/c11-9-7-12-8(6-13-9)10(15)14-2-1-4-16-5-3-14/h6-7H,1-5H2,(H2,11,13). The van der Waals surface area contributed by atoms with E-state index in [1.165, 1.54) is 12.4 Å².